The molecule has 3 heteroatoms. The molecule has 0 saturated heterocycles. The molecule has 0 heterocycles. The van der Waals surface area contributed by atoms with E-state index in [9.17, 15) is 15.0 Å². The van der Waals surface area contributed by atoms with Crippen LogP contribution in [-0.2, 0) is 4.79 Å². The quantitative estimate of drug-likeness (QED) is 0.788. The van der Waals surface area contributed by atoms with Crippen molar-refractivity contribution >= 4 is 5.78 Å². The molecule has 6 atom stereocenters. The summed E-state index contributed by atoms with van der Waals surface area (Å²) in [4.78, 5) is 12.2. The Bertz CT molecular complexity index is 452. The summed E-state index contributed by atoms with van der Waals surface area (Å²) in [6, 6.07) is 0. The molecule has 0 bridgehead atoms. The number of ketones is 1. The number of hydrogen-bond acceptors (Lipinski definition) is 3. The molecule has 0 amide bonds. The average molecular weight is 306 g/mol. The van der Waals surface area contributed by atoms with Crippen molar-refractivity contribution in [1.29, 1.82) is 0 Å². The zero-order valence-corrected chi connectivity index (χ0v) is 13.9. The van der Waals surface area contributed by atoms with Gasteiger partial charge in [0, 0.05) is 17.3 Å². The lowest BCUT2D eigenvalue weighted by molar-refractivity contribution is -0.170. The van der Waals surface area contributed by atoms with E-state index in [2.05, 4.69) is 6.92 Å². The average Bonchev–Trinajstić information content (AvgIpc) is 2.55. The molecule has 3 saturated carbocycles. The van der Waals surface area contributed by atoms with Crippen molar-refractivity contribution in [2.45, 2.75) is 71.0 Å². The molecule has 0 aromatic rings. The molecule has 3 aliphatic rings. The first-order chi connectivity index (χ1) is 10.4. The first kappa shape index (κ1) is 16.2. The largest absolute Gasteiger partial charge is 0.393 e. The Morgan fingerprint density at radius 2 is 1.91 bits per heavy atom. The van der Waals surface area contributed by atoms with Crippen LogP contribution >= 0.6 is 0 Å². The van der Waals surface area contributed by atoms with Gasteiger partial charge in [0.1, 0.15) is 5.78 Å². The maximum atomic E-state index is 12.2. The molecule has 3 nitrogen and oxygen atoms in total. The first-order valence-corrected chi connectivity index (χ1v) is 9.04. The van der Waals surface area contributed by atoms with Gasteiger partial charge in [-0.3, -0.25) is 4.79 Å². The lowest BCUT2D eigenvalue weighted by Gasteiger charge is -2.57. The summed E-state index contributed by atoms with van der Waals surface area (Å²) in [6.45, 7) is 4.05. The minimum Gasteiger partial charge on any atom is -0.393 e. The Balaban J connectivity index is 1.69. The van der Waals surface area contributed by atoms with Crippen LogP contribution in [0.15, 0.2) is 12.2 Å². The van der Waals surface area contributed by atoms with E-state index in [4.69, 9.17) is 0 Å². The Kier molecular flexibility index (Phi) is 4.48. The van der Waals surface area contributed by atoms with E-state index in [1.165, 1.54) is 19.3 Å². The number of hydrogen-bond donors (Lipinski definition) is 2. The predicted molar refractivity (Wildman–Crippen MR) is 86.2 cm³/mol. The van der Waals surface area contributed by atoms with Crippen molar-refractivity contribution < 1.29 is 15.0 Å². The molecule has 1 unspecified atom stereocenters. The Labute approximate surface area is 133 Å². The Morgan fingerprint density at radius 1 is 1.23 bits per heavy atom. The second kappa shape index (κ2) is 6.09. The van der Waals surface area contributed by atoms with Crippen molar-refractivity contribution in [1.82, 2.24) is 0 Å². The molecule has 0 aromatic heterocycles. The zero-order chi connectivity index (χ0) is 15.9. The standard InChI is InChI=1S/C19H30O3/c1-12-17-14(16(21)10-11-19(17,2)18(12)22)8-9-15(20)13-6-4-3-5-7-13/h8-9,12-17,20-21H,3-7,10-11H2,1-2H3/t12?,14-,15+,16+,17+,19-/m1/s1. The van der Waals surface area contributed by atoms with E-state index in [1.54, 1.807) is 0 Å². The summed E-state index contributed by atoms with van der Waals surface area (Å²) in [5.74, 6) is 1.03. The molecule has 3 aliphatic carbocycles. The highest BCUT2D eigenvalue weighted by molar-refractivity contribution is 5.93. The van der Waals surface area contributed by atoms with Crippen LogP contribution in [-0.4, -0.2) is 28.2 Å². The summed E-state index contributed by atoms with van der Waals surface area (Å²) in [5.41, 5.74) is -0.247. The molecule has 0 radical (unpaired) electrons. The number of Topliss-reactive ketones (excluding diaryl/α,β-unsaturated/α-hetero) is 1. The lowest BCUT2D eigenvalue weighted by Crippen LogP contribution is -2.62. The zero-order valence-electron chi connectivity index (χ0n) is 13.9. The number of aliphatic hydroxyl groups excluding tert-OH is 2. The third-order valence-corrected chi connectivity index (χ3v) is 6.73. The monoisotopic (exact) mass is 306 g/mol. The second-order valence-electron chi connectivity index (χ2n) is 8.05. The van der Waals surface area contributed by atoms with Gasteiger partial charge < -0.3 is 10.2 Å². The smallest absolute Gasteiger partial charge is 0.142 e. The van der Waals surface area contributed by atoms with E-state index >= 15 is 0 Å². The highest BCUT2D eigenvalue weighted by atomic mass is 16.3. The van der Waals surface area contributed by atoms with Crippen LogP contribution in [0.2, 0.25) is 0 Å². The topological polar surface area (TPSA) is 57.5 Å². The fourth-order valence-electron chi connectivity index (χ4n) is 5.35. The van der Waals surface area contributed by atoms with Gasteiger partial charge in [-0.05, 0) is 37.5 Å². The minimum atomic E-state index is -0.397. The molecule has 0 spiro atoms. The third-order valence-electron chi connectivity index (χ3n) is 6.73. The molecule has 3 rings (SSSR count). The van der Waals surface area contributed by atoms with E-state index in [-0.39, 0.29) is 29.3 Å². The van der Waals surface area contributed by atoms with Gasteiger partial charge >= 0.3 is 0 Å². The summed E-state index contributed by atoms with van der Waals surface area (Å²) < 4.78 is 0. The van der Waals surface area contributed by atoms with Gasteiger partial charge in [-0.15, -0.1) is 0 Å². The fraction of sp³-hybridized carbons (Fsp3) is 0.842. The third kappa shape index (κ3) is 2.56. The number of carbonyl (C=O) groups excluding carboxylic acids is 1. The van der Waals surface area contributed by atoms with Crippen LogP contribution in [0.25, 0.3) is 0 Å². The van der Waals surface area contributed by atoms with Crippen molar-refractivity contribution in [3.05, 3.63) is 12.2 Å². The molecule has 2 N–H and O–H groups in total. The van der Waals surface area contributed by atoms with Gasteiger partial charge in [0.15, 0.2) is 0 Å². The van der Waals surface area contributed by atoms with Crippen LogP contribution in [0, 0.1) is 29.1 Å². The van der Waals surface area contributed by atoms with Gasteiger partial charge in [-0.25, -0.2) is 0 Å². The van der Waals surface area contributed by atoms with Crippen molar-refractivity contribution in [2.75, 3.05) is 0 Å². The van der Waals surface area contributed by atoms with Crippen LogP contribution in [0.4, 0.5) is 0 Å². The van der Waals surface area contributed by atoms with Crippen LogP contribution in [0.5, 0.6) is 0 Å². The molecular formula is C19H30O3. The Morgan fingerprint density at radius 3 is 2.59 bits per heavy atom. The predicted octanol–water partition coefficient (Wildman–Crippen LogP) is 3.10. The van der Waals surface area contributed by atoms with E-state index in [0.717, 1.165) is 19.3 Å². The molecule has 0 aliphatic heterocycles. The summed E-state index contributed by atoms with van der Waals surface area (Å²) in [7, 11) is 0. The lowest BCUT2D eigenvalue weighted by atomic mass is 9.45. The number of rotatable bonds is 3. The van der Waals surface area contributed by atoms with Gasteiger partial charge in [0.05, 0.1) is 12.2 Å². The molecular weight excluding hydrogens is 276 g/mol. The van der Waals surface area contributed by atoms with Gasteiger partial charge in [0.2, 0.25) is 0 Å². The SMILES string of the molecule is CC1C(=O)[C@]2(C)CC[C@H](O)[C@@H](C=C[C@H](O)C3CCCCC3)[C@H]12. The van der Waals surface area contributed by atoms with Crippen LogP contribution < -0.4 is 0 Å². The number of aliphatic hydroxyl groups is 2. The summed E-state index contributed by atoms with van der Waals surface area (Å²) in [6.07, 6.45) is 10.6. The summed E-state index contributed by atoms with van der Waals surface area (Å²) in [5, 5.41) is 20.8. The summed E-state index contributed by atoms with van der Waals surface area (Å²) >= 11 is 0. The molecule has 0 aromatic carbocycles. The van der Waals surface area contributed by atoms with E-state index in [1.807, 2.05) is 19.1 Å². The molecule has 22 heavy (non-hydrogen) atoms. The van der Waals surface area contributed by atoms with Crippen molar-refractivity contribution in [3.8, 4) is 0 Å². The molecule has 124 valence electrons. The van der Waals surface area contributed by atoms with E-state index < -0.39 is 6.10 Å². The maximum Gasteiger partial charge on any atom is 0.142 e. The number of fused-ring (bicyclic) bond motifs is 1. The first-order valence-electron chi connectivity index (χ1n) is 9.04. The fourth-order valence-corrected chi connectivity index (χ4v) is 5.35. The second-order valence-corrected chi connectivity index (χ2v) is 8.05. The van der Waals surface area contributed by atoms with E-state index in [0.29, 0.717) is 18.1 Å². The van der Waals surface area contributed by atoms with Gasteiger partial charge in [-0.1, -0.05) is 45.3 Å². The van der Waals surface area contributed by atoms with Gasteiger partial charge in [0.25, 0.3) is 0 Å². The minimum absolute atomic E-state index is 0.0182. The van der Waals surface area contributed by atoms with Crippen LogP contribution in [0.3, 0.4) is 0 Å². The molecule has 3 fully saturated rings. The Hall–Kier alpha value is -0.670. The normalized spacial score (nSPS) is 44.6. The van der Waals surface area contributed by atoms with Gasteiger partial charge in [-0.2, -0.15) is 0 Å². The highest BCUT2D eigenvalue weighted by Crippen LogP contribution is 2.58. The number of carbonyl (C=O) groups is 1. The highest BCUT2D eigenvalue weighted by Gasteiger charge is 2.61. The van der Waals surface area contributed by atoms with Crippen LogP contribution in [0.1, 0.15) is 58.8 Å². The van der Waals surface area contributed by atoms with Crippen molar-refractivity contribution in [2.24, 2.45) is 29.1 Å². The maximum absolute atomic E-state index is 12.2. The van der Waals surface area contributed by atoms with Crippen molar-refractivity contribution in [3.63, 3.8) is 0 Å².